The summed E-state index contributed by atoms with van der Waals surface area (Å²) in [7, 11) is 0. The van der Waals surface area contributed by atoms with Crippen LogP contribution in [-0.4, -0.2) is 21.4 Å². The Labute approximate surface area is 167 Å². The van der Waals surface area contributed by atoms with Crippen molar-refractivity contribution in [3.63, 3.8) is 0 Å². The maximum atomic E-state index is 14.3. The number of aromatic nitrogens is 3. The average molecular weight is 446 g/mol. The van der Waals surface area contributed by atoms with E-state index in [1.165, 1.54) is 23.1 Å². The van der Waals surface area contributed by atoms with E-state index in [9.17, 15) is 8.78 Å². The van der Waals surface area contributed by atoms with Crippen LogP contribution in [0.25, 0.3) is 5.69 Å². The van der Waals surface area contributed by atoms with Crippen molar-refractivity contribution in [1.29, 1.82) is 0 Å². The van der Waals surface area contributed by atoms with Crippen molar-refractivity contribution < 1.29 is 13.5 Å². The molecule has 9 heteroatoms. The number of anilines is 1. The van der Waals surface area contributed by atoms with Crippen LogP contribution in [0, 0.1) is 11.6 Å². The Hall–Kier alpha value is -2.78. The number of nitrogens with one attached hydrogen (secondary N) is 1. The van der Waals surface area contributed by atoms with Gasteiger partial charge in [-0.3, -0.25) is 0 Å². The lowest BCUT2D eigenvalue weighted by atomic mass is 9.99. The summed E-state index contributed by atoms with van der Waals surface area (Å²) >= 11 is 3.51. The topological polar surface area (TPSA) is 55.2 Å². The van der Waals surface area contributed by atoms with Crippen LogP contribution >= 0.6 is 15.9 Å². The first kappa shape index (κ1) is 17.3. The fourth-order valence-electron chi connectivity index (χ4n) is 3.47. The van der Waals surface area contributed by atoms with E-state index in [-0.39, 0.29) is 11.7 Å². The van der Waals surface area contributed by atoms with Crippen LogP contribution in [-0.2, 0) is 0 Å². The molecular formula is C19H14BrF2N5O. The third-order valence-electron chi connectivity index (χ3n) is 4.75. The normalized spacial score (nSPS) is 18.2. The minimum absolute atomic E-state index is 0.0989. The van der Waals surface area contributed by atoms with E-state index in [1.807, 2.05) is 24.4 Å². The zero-order valence-electron chi connectivity index (χ0n) is 14.4. The maximum Gasteiger partial charge on any atom is 0.247 e. The van der Waals surface area contributed by atoms with E-state index in [0.717, 1.165) is 33.8 Å². The monoisotopic (exact) mass is 445 g/mol. The summed E-state index contributed by atoms with van der Waals surface area (Å²) in [6.07, 6.45) is 3.99. The first-order valence-corrected chi connectivity index (χ1v) is 9.43. The lowest BCUT2D eigenvalue weighted by Crippen LogP contribution is -2.33. The molecule has 6 nitrogen and oxygen atoms in total. The number of hydrogen-bond donors (Lipinski definition) is 1. The molecule has 0 radical (unpaired) electrons. The lowest BCUT2D eigenvalue weighted by Gasteiger charge is -2.21. The minimum Gasteiger partial charge on any atom is -0.493 e. The van der Waals surface area contributed by atoms with Gasteiger partial charge < -0.3 is 4.74 Å². The van der Waals surface area contributed by atoms with Gasteiger partial charge in [-0.1, -0.05) is 15.9 Å². The Bertz CT molecular complexity index is 1100. The predicted molar refractivity (Wildman–Crippen MR) is 102 cm³/mol. The predicted octanol–water partition coefficient (Wildman–Crippen LogP) is 4.04. The molecule has 0 amide bonds. The molecular weight excluding hydrogens is 432 g/mol. The highest BCUT2D eigenvalue weighted by Gasteiger charge is 2.32. The van der Waals surface area contributed by atoms with Gasteiger partial charge in [0.15, 0.2) is 5.82 Å². The van der Waals surface area contributed by atoms with Crippen molar-refractivity contribution in [3.8, 4) is 11.4 Å². The molecule has 3 heterocycles. The molecule has 142 valence electrons. The van der Waals surface area contributed by atoms with Crippen LogP contribution in [0.1, 0.15) is 18.0 Å². The van der Waals surface area contributed by atoms with Crippen LogP contribution in [0.4, 0.5) is 14.7 Å². The standard InChI is InChI=1S/C19H14BrF2N5O/c20-12-1-4-17-14(7-12)18-11(5-6-28-17)9-26(25-18)19-23-10-24-27(19)16-3-2-13(21)8-15(16)22/h1-4,7-10,18,25H,5-6H2. The summed E-state index contributed by atoms with van der Waals surface area (Å²) in [5, 5.41) is 5.83. The van der Waals surface area contributed by atoms with Gasteiger partial charge in [-0.25, -0.2) is 19.2 Å². The minimum atomic E-state index is -0.713. The lowest BCUT2D eigenvalue weighted by molar-refractivity contribution is 0.325. The van der Waals surface area contributed by atoms with E-state index in [2.05, 4.69) is 31.4 Å². The van der Waals surface area contributed by atoms with Crippen LogP contribution < -0.4 is 15.2 Å². The summed E-state index contributed by atoms with van der Waals surface area (Å²) < 4.78 is 35.7. The molecule has 1 N–H and O–H groups in total. The number of hydrazine groups is 1. The number of halogens is 3. The number of benzene rings is 2. The molecule has 5 rings (SSSR count). The molecule has 3 aromatic rings. The van der Waals surface area contributed by atoms with Crippen molar-refractivity contribution in [1.82, 2.24) is 20.2 Å². The quantitative estimate of drug-likeness (QED) is 0.644. The van der Waals surface area contributed by atoms with Crippen LogP contribution in [0.2, 0.25) is 0 Å². The molecule has 0 fully saturated rings. The fourth-order valence-corrected chi connectivity index (χ4v) is 3.85. The van der Waals surface area contributed by atoms with Crippen molar-refractivity contribution >= 4 is 21.9 Å². The van der Waals surface area contributed by atoms with E-state index in [1.54, 1.807) is 5.01 Å². The molecule has 0 aliphatic carbocycles. The third kappa shape index (κ3) is 2.87. The number of fused-ring (bicyclic) bond motifs is 3. The van der Waals surface area contributed by atoms with E-state index in [0.29, 0.717) is 12.6 Å². The van der Waals surface area contributed by atoms with Crippen LogP contribution in [0.5, 0.6) is 5.75 Å². The second kappa shape index (κ2) is 6.68. The van der Waals surface area contributed by atoms with Crippen LogP contribution in [0.15, 0.2) is 59.0 Å². The van der Waals surface area contributed by atoms with Gasteiger partial charge in [0.05, 0.1) is 12.6 Å². The van der Waals surface area contributed by atoms with Gasteiger partial charge in [0.25, 0.3) is 0 Å². The Balaban J connectivity index is 1.53. The van der Waals surface area contributed by atoms with Crippen molar-refractivity contribution in [2.75, 3.05) is 11.6 Å². The molecule has 0 saturated carbocycles. The molecule has 1 unspecified atom stereocenters. The van der Waals surface area contributed by atoms with Crippen molar-refractivity contribution in [2.45, 2.75) is 12.5 Å². The van der Waals surface area contributed by atoms with Gasteiger partial charge in [-0.2, -0.15) is 14.8 Å². The van der Waals surface area contributed by atoms with Gasteiger partial charge in [0.2, 0.25) is 5.95 Å². The second-order valence-electron chi connectivity index (χ2n) is 6.48. The maximum absolute atomic E-state index is 14.3. The molecule has 0 saturated heterocycles. The summed E-state index contributed by atoms with van der Waals surface area (Å²) in [5.41, 5.74) is 5.61. The average Bonchev–Trinajstić information content (AvgIpc) is 3.27. The molecule has 1 atom stereocenters. The second-order valence-corrected chi connectivity index (χ2v) is 7.40. The molecule has 2 aromatic carbocycles. The van der Waals surface area contributed by atoms with Crippen LogP contribution in [0.3, 0.4) is 0 Å². The number of hydrogen-bond acceptors (Lipinski definition) is 5. The smallest absolute Gasteiger partial charge is 0.247 e. The summed E-state index contributed by atoms with van der Waals surface area (Å²) in [5.74, 6) is -0.162. The van der Waals surface area contributed by atoms with Gasteiger partial charge in [0.1, 0.15) is 23.6 Å². The largest absolute Gasteiger partial charge is 0.493 e. The first-order valence-electron chi connectivity index (χ1n) is 8.64. The Morgan fingerprint density at radius 3 is 2.93 bits per heavy atom. The number of nitrogens with zero attached hydrogens (tertiary/aromatic N) is 4. The summed E-state index contributed by atoms with van der Waals surface area (Å²) in [4.78, 5) is 4.26. The Morgan fingerprint density at radius 2 is 2.07 bits per heavy atom. The van der Waals surface area contributed by atoms with E-state index < -0.39 is 11.6 Å². The van der Waals surface area contributed by atoms with Crippen molar-refractivity contribution in [3.05, 3.63) is 76.2 Å². The van der Waals surface area contributed by atoms with Gasteiger partial charge in [-0.05, 0) is 35.9 Å². The molecule has 2 aliphatic rings. The fraction of sp³-hybridized carbons (Fsp3) is 0.158. The Morgan fingerprint density at radius 1 is 1.18 bits per heavy atom. The molecule has 0 bridgehead atoms. The number of rotatable bonds is 2. The van der Waals surface area contributed by atoms with Gasteiger partial charge in [-0.15, -0.1) is 0 Å². The molecule has 1 aromatic heterocycles. The summed E-state index contributed by atoms with van der Waals surface area (Å²) in [6.45, 7) is 0.561. The molecule has 0 spiro atoms. The highest BCUT2D eigenvalue weighted by Crippen LogP contribution is 2.40. The van der Waals surface area contributed by atoms with Gasteiger partial charge in [0, 0.05) is 28.7 Å². The van der Waals surface area contributed by atoms with E-state index >= 15 is 0 Å². The van der Waals surface area contributed by atoms with E-state index in [4.69, 9.17) is 4.74 Å². The highest BCUT2D eigenvalue weighted by molar-refractivity contribution is 9.10. The van der Waals surface area contributed by atoms with Gasteiger partial charge >= 0.3 is 0 Å². The Kier molecular flexibility index (Phi) is 4.13. The molecule has 2 aliphatic heterocycles. The zero-order chi connectivity index (χ0) is 19.3. The van der Waals surface area contributed by atoms with Crippen molar-refractivity contribution in [2.24, 2.45) is 0 Å². The number of ether oxygens (including phenoxy) is 1. The molecule has 28 heavy (non-hydrogen) atoms. The SMILES string of the molecule is Fc1ccc(-n2ncnc2N2C=C3CCOc4ccc(Br)cc4C3N2)c(F)c1. The first-order chi connectivity index (χ1) is 13.6. The zero-order valence-corrected chi connectivity index (χ0v) is 16.0. The highest BCUT2D eigenvalue weighted by atomic mass is 79.9. The third-order valence-corrected chi connectivity index (χ3v) is 5.24. The summed E-state index contributed by atoms with van der Waals surface area (Å²) in [6, 6.07) is 9.14.